The molecule has 0 saturated heterocycles. The molecule has 0 atom stereocenters. The van der Waals surface area contributed by atoms with E-state index in [4.69, 9.17) is 11.6 Å². The highest BCUT2D eigenvalue weighted by Gasteiger charge is 2.03. The molecule has 0 amide bonds. The van der Waals surface area contributed by atoms with Crippen LogP contribution in [0.3, 0.4) is 0 Å². The minimum atomic E-state index is 0.109. The maximum absolute atomic E-state index is 10.8. The highest BCUT2D eigenvalue weighted by molar-refractivity contribution is 9.10. The molecule has 0 spiro atoms. The molecule has 0 aliphatic carbocycles. The molecule has 0 saturated carbocycles. The van der Waals surface area contributed by atoms with Crippen molar-refractivity contribution >= 4 is 33.3 Å². The summed E-state index contributed by atoms with van der Waals surface area (Å²) in [6, 6.07) is 1.69. The van der Waals surface area contributed by atoms with Crippen LogP contribution in [-0.4, -0.2) is 10.8 Å². The zero-order valence-corrected chi connectivity index (χ0v) is 8.82. The van der Waals surface area contributed by atoms with Gasteiger partial charge in [0.2, 0.25) is 0 Å². The molecular formula is C8H7BrClNO. The molecule has 4 heteroatoms. The minimum absolute atomic E-state index is 0.109. The zero-order chi connectivity index (χ0) is 9.14. The lowest BCUT2D eigenvalue weighted by molar-refractivity contribution is -0.116. The number of aromatic nitrogens is 1. The molecule has 1 aromatic rings. The summed E-state index contributed by atoms with van der Waals surface area (Å²) in [5, 5.41) is 0.412. The fraction of sp³-hybridized carbons (Fsp3) is 0.250. The number of hydrogen-bond acceptors (Lipinski definition) is 2. The van der Waals surface area contributed by atoms with Crippen molar-refractivity contribution < 1.29 is 4.79 Å². The molecule has 0 fully saturated rings. The Morgan fingerprint density at radius 1 is 1.75 bits per heavy atom. The third-order valence-electron chi connectivity index (χ3n) is 1.34. The van der Waals surface area contributed by atoms with Crippen LogP contribution in [0.5, 0.6) is 0 Å². The first-order valence-corrected chi connectivity index (χ1v) is 4.56. The fourth-order valence-corrected chi connectivity index (χ4v) is 1.39. The van der Waals surface area contributed by atoms with Crippen LogP contribution in [0.4, 0.5) is 0 Å². The summed E-state index contributed by atoms with van der Waals surface area (Å²) in [6.45, 7) is 1.54. The van der Waals surface area contributed by atoms with Crippen LogP contribution in [-0.2, 0) is 11.2 Å². The third kappa shape index (κ3) is 2.57. The summed E-state index contributed by atoms with van der Waals surface area (Å²) < 4.78 is 0.821. The Kier molecular flexibility index (Phi) is 3.23. The average Bonchev–Trinajstić information content (AvgIpc) is 1.96. The van der Waals surface area contributed by atoms with Crippen LogP contribution in [0.25, 0.3) is 0 Å². The Morgan fingerprint density at radius 2 is 2.42 bits per heavy atom. The largest absolute Gasteiger partial charge is 0.300 e. The molecule has 0 N–H and O–H groups in total. The Bertz CT molecular complexity index is 314. The van der Waals surface area contributed by atoms with Gasteiger partial charge in [0.1, 0.15) is 10.9 Å². The first kappa shape index (κ1) is 9.68. The molecule has 1 rings (SSSR count). The summed E-state index contributed by atoms with van der Waals surface area (Å²) >= 11 is 8.94. The van der Waals surface area contributed by atoms with Gasteiger partial charge in [-0.15, -0.1) is 0 Å². The Hall–Kier alpha value is -0.410. The van der Waals surface area contributed by atoms with E-state index in [1.807, 2.05) is 0 Å². The van der Waals surface area contributed by atoms with Crippen molar-refractivity contribution in [3.05, 3.63) is 27.5 Å². The summed E-state index contributed by atoms with van der Waals surface area (Å²) in [7, 11) is 0. The van der Waals surface area contributed by atoms with Crippen LogP contribution in [0.1, 0.15) is 12.5 Å². The fourth-order valence-electron chi connectivity index (χ4n) is 0.855. The van der Waals surface area contributed by atoms with E-state index in [0.29, 0.717) is 11.6 Å². The van der Waals surface area contributed by atoms with Crippen LogP contribution < -0.4 is 0 Å². The van der Waals surface area contributed by atoms with Gasteiger partial charge in [-0.3, -0.25) is 4.79 Å². The SMILES string of the molecule is CC(=O)Cc1cc(Cl)ncc1Br. The highest BCUT2D eigenvalue weighted by Crippen LogP contribution is 2.19. The number of ketones is 1. The normalized spacial score (nSPS) is 9.92. The van der Waals surface area contributed by atoms with Gasteiger partial charge in [0, 0.05) is 17.1 Å². The second-order valence-electron chi connectivity index (χ2n) is 2.48. The average molecular weight is 249 g/mol. The monoisotopic (exact) mass is 247 g/mol. The van der Waals surface area contributed by atoms with Gasteiger partial charge in [0.15, 0.2) is 0 Å². The van der Waals surface area contributed by atoms with Crippen molar-refractivity contribution in [3.8, 4) is 0 Å². The number of hydrogen-bond donors (Lipinski definition) is 0. The van der Waals surface area contributed by atoms with E-state index in [1.165, 1.54) is 0 Å². The van der Waals surface area contributed by atoms with Gasteiger partial charge in [-0.25, -0.2) is 4.98 Å². The lowest BCUT2D eigenvalue weighted by Crippen LogP contribution is -1.97. The molecule has 64 valence electrons. The van der Waals surface area contributed by atoms with Crippen molar-refractivity contribution in [1.82, 2.24) is 4.98 Å². The smallest absolute Gasteiger partial charge is 0.134 e. The van der Waals surface area contributed by atoms with Crippen molar-refractivity contribution in [1.29, 1.82) is 0 Å². The number of rotatable bonds is 2. The topological polar surface area (TPSA) is 30.0 Å². The molecule has 0 aliphatic heterocycles. The van der Waals surface area contributed by atoms with E-state index >= 15 is 0 Å². The van der Waals surface area contributed by atoms with Gasteiger partial charge in [-0.1, -0.05) is 11.6 Å². The first-order chi connectivity index (χ1) is 5.59. The Morgan fingerprint density at radius 3 is 3.00 bits per heavy atom. The van der Waals surface area contributed by atoms with E-state index in [0.717, 1.165) is 10.0 Å². The number of carbonyl (C=O) groups excluding carboxylic acids is 1. The van der Waals surface area contributed by atoms with Crippen LogP contribution in [0.2, 0.25) is 5.15 Å². The van der Waals surface area contributed by atoms with Crippen molar-refractivity contribution in [3.63, 3.8) is 0 Å². The predicted octanol–water partition coefficient (Wildman–Crippen LogP) is 2.63. The zero-order valence-electron chi connectivity index (χ0n) is 6.47. The summed E-state index contributed by atoms with van der Waals surface area (Å²) in [4.78, 5) is 14.6. The Balaban J connectivity index is 2.97. The summed E-state index contributed by atoms with van der Waals surface area (Å²) in [5.41, 5.74) is 0.877. The van der Waals surface area contributed by atoms with E-state index < -0.39 is 0 Å². The molecule has 0 unspecified atom stereocenters. The van der Waals surface area contributed by atoms with Gasteiger partial charge in [0.25, 0.3) is 0 Å². The van der Waals surface area contributed by atoms with E-state index in [-0.39, 0.29) is 5.78 Å². The van der Waals surface area contributed by atoms with Crippen molar-refractivity contribution in [2.24, 2.45) is 0 Å². The lowest BCUT2D eigenvalue weighted by atomic mass is 10.1. The van der Waals surface area contributed by atoms with Gasteiger partial charge in [-0.2, -0.15) is 0 Å². The Labute approximate surface area is 84.1 Å². The van der Waals surface area contributed by atoms with Gasteiger partial charge < -0.3 is 0 Å². The second-order valence-corrected chi connectivity index (χ2v) is 3.72. The molecule has 0 aromatic carbocycles. The number of Topliss-reactive ketones (excluding diaryl/α,β-unsaturated/α-hetero) is 1. The maximum atomic E-state index is 10.8. The van der Waals surface area contributed by atoms with Gasteiger partial charge in [0.05, 0.1) is 0 Å². The lowest BCUT2D eigenvalue weighted by Gasteiger charge is -2.00. The minimum Gasteiger partial charge on any atom is -0.300 e. The highest BCUT2D eigenvalue weighted by atomic mass is 79.9. The molecule has 0 aliphatic rings. The second kappa shape index (κ2) is 4.01. The van der Waals surface area contributed by atoms with Crippen molar-refractivity contribution in [2.75, 3.05) is 0 Å². The number of nitrogens with zero attached hydrogens (tertiary/aromatic N) is 1. The van der Waals surface area contributed by atoms with Gasteiger partial charge >= 0.3 is 0 Å². The molecule has 2 nitrogen and oxygen atoms in total. The van der Waals surface area contributed by atoms with Crippen LogP contribution in [0.15, 0.2) is 16.7 Å². The summed E-state index contributed by atoms with van der Waals surface area (Å²) in [6.07, 6.45) is 1.99. The number of halogens is 2. The van der Waals surface area contributed by atoms with E-state index in [1.54, 1.807) is 19.2 Å². The van der Waals surface area contributed by atoms with Crippen LogP contribution in [0, 0.1) is 0 Å². The first-order valence-electron chi connectivity index (χ1n) is 3.39. The maximum Gasteiger partial charge on any atom is 0.134 e. The molecule has 0 bridgehead atoms. The molecule has 12 heavy (non-hydrogen) atoms. The predicted molar refractivity (Wildman–Crippen MR) is 51.3 cm³/mol. The molecular weight excluding hydrogens is 241 g/mol. The molecule has 0 radical (unpaired) electrons. The van der Waals surface area contributed by atoms with E-state index in [9.17, 15) is 4.79 Å². The van der Waals surface area contributed by atoms with E-state index in [2.05, 4.69) is 20.9 Å². The van der Waals surface area contributed by atoms with Crippen LogP contribution >= 0.6 is 27.5 Å². The molecule has 1 heterocycles. The standard InChI is InChI=1S/C8H7BrClNO/c1-5(12)2-6-3-8(10)11-4-7(6)9/h3-4H,2H2,1H3. The number of carbonyl (C=O) groups is 1. The van der Waals surface area contributed by atoms with Crippen molar-refractivity contribution in [2.45, 2.75) is 13.3 Å². The van der Waals surface area contributed by atoms with Gasteiger partial charge in [-0.05, 0) is 34.5 Å². The summed E-state index contributed by atoms with van der Waals surface area (Å²) in [5.74, 6) is 0.109. The quantitative estimate of drug-likeness (QED) is 0.753. The third-order valence-corrected chi connectivity index (χ3v) is 2.26. The molecule has 1 aromatic heterocycles. The number of pyridine rings is 1.